The van der Waals surface area contributed by atoms with Crippen LogP contribution < -0.4 is 4.90 Å². The minimum atomic E-state index is 0.240. The van der Waals surface area contributed by atoms with Crippen molar-refractivity contribution in [1.29, 1.82) is 0 Å². The van der Waals surface area contributed by atoms with E-state index in [1.807, 2.05) is 46.1 Å². The number of rotatable bonds is 6. The molecule has 4 aromatic rings. The van der Waals surface area contributed by atoms with Crippen LogP contribution in [0.25, 0.3) is 16.7 Å². The first-order valence-electron chi connectivity index (χ1n) is 12.4. The smallest absolute Gasteiger partial charge is 0.222 e. The van der Waals surface area contributed by atoms with Crippen molar-refractivity contribution < 1.29 is 4.79 Å². The lowest BCUT2D eigenvalue weighted by molar-refractivity contribution is -0.132. The zero-order valence-corrected chi connectivity index (χ0v) is 20.7. The third-order valence-corrected chi connectivity index (χ3v) is 6.45. The van der Waals surface area contributed by atoms with E-state index in [-0.39, 0.29) is 5.91 Å². The maximum absolute atomic E-state index is 12.6. The summed E-state index contributed by atoms with van der Waals surface area (Å²) in [6.45, 7) is 9.17. The standard InChI is InChI=1S/C28H32N6O/c1-20(2)17-26(35)32-13-15-33(16-14-32)27-24-19-29-34(23-7-5-4-6-8-23)28(24)31-25(30-27)18-22-11-9-21(3)10-12-22/h4-12,19-20H,13-18H2,1-3H3. The molecular formula is C28H32N6O. The maximum atomic E-state index is 12.6. The lowest BCUT2D eigenvalue weighted by Crippen LogP contribution is -2.49. The minimum absolute atomic E-state index is 0.240. The average Bonchev–Trinajstić information content (AvgIpc) is 3.29. The van der Waals surface area contributed by atoms with E-state index in [4.69, 9.17) is 9.97 Å². The molecule has 2 aromatic heterocycles. The Balaban J connectivity index is 1.49. The number of piperazine rings is 1. The molecule has 0 saturated carbocycles. The van der Waals surface area contributed by atoms with Gasteiger partial charge in [-0.2, -0.15) is 5.10 Å². The highest BCUT2D eigenvalue weighted by molar-refractivity contribution is 5.88. The SMILES string of the molecule is Cc1ccc(Cc2nc(N3CCN(C(=O)CC(C)C)CC3)c3cnn(-c4ccccc4)c3n2)cc1. The van der Waals surface area contributed by atoms with Gasteiger partial charge >= 0.3 is 0 Å². The predicted molar refractivity (Wildman–Crippen MR) is 139 cm³/mol. The molecule has 0 N–H and O–H groups in total. The largest absolute Gasteiger partial charge is 0.352 e. The highest BCUT2D eigenvalue weighted by Crippen LogP contribution is 2.27. The topological polar surface area (TPSA) is 67.2 Å². The zero-order chi connectivity index (χ0) is 24.4. The van der Waals surface area contributed by atoms with Gasteiger partial charge in [-0.3, -0.25) is 4.79 Å². The summed E-state index contributed by atoms with van der Waals surface area (Å²) in [6.07, 6.45) is 3.11. The number of anilines is 1. The fourth-order valence-corrected chi connectivity index (χ4v) is 4.55. The maximum Gasteiger partial charge on any atom is 0.222 e. The number of hydrogen-bond donors (Lipinski definition) is 0. The van der Waals surface area contributed by atoms with E-state index in [0.29, 0.717) is 31.8 Å². The van der Waals surface area contributed by atoms with Gasteiger partial charge in [0.25, 0.3) is 0 Å². The normalized spacial score (nSPS) is 14.2. The van der Waals surface area contributed by atoms with Crippen LogP contribution >= 0.6 is 0 Å². The Hall–Kier alpha value is -3.74. The molecule has 0 radical (unpaired) electrons. The Morgan fingerprint density at radius 1 is 0.943 bits per heavy atom. The van der Waals surface area contributed by atoms with Crippen LogP contribution in [0.4, 0.5) is 5.82 Å². The molecule has 7 nitrogen and oxygen atoms in total. The van der Waals surface area contributed by atoms with Crippen molar-refractivity contribution >= 4 is 22.8 Å². The number of aromatic nitrogens is 4. The van der Waals surface area contributed by atoms with Crippen molar-refractivity contribution in [2.24, 2.45) is 5.92 Å². The molecule has 0 atom stereocenters. The number of fused-ring (bicyclic) bond motifs is 1. The molecule has 5 rings (SSSR count). The van der Waals surface area contributed by atoms with Gasteiger partial charge in [-0.1, -0.05) is 61.9 Å². The monoisotopic (exact) mass is 468 g/mol. The lowest BCUT2D eigenvalue weighted by atomic mass is 10.1. The first-order valence-corrected chi connectivity index (χ1v) is 12.4. The van der Waals surface area contributed by atoms with E-state index in [0.717, 1.165) is 41.5 Å². The van der Waals surface area contributed by atoms with Crippen LogP contribution in [-0.2, 0) is 11.2 Å². The summed E-state index contributed by atoms with van der Waals surface area (Å²) < 4.78 is 1.89. The van der Waals surface area contributed by atoms with Crippen molar-refractivity contribution in [2.75, 3.05) is 31.1 Å². The van der Waals surface area contributed by atoms with Crippen LogP contribution in [0.15, 0.2) is 60.8 Å². The second-order valence-electron chi connectivity index (χ2n) is 9.72. The van der Waals surface area contributed by atoms with Crippen LogP contribution in [0.3, 0.4) is 0 Å². The van der Waals surface area contributed by atoms with Gasteiger partial charge < -0.3 is 9.80 Å². The van der Waals surface area contributed by atoms with Gasteiger partial charge in [0.2, 0.25) is 5.91 Å². The number of carbonyl (C=O) groups is 1. The summed E-state index contributed by atoms with van der Waals surface area (Å²) in [5.41, 5.74) is 4.19. The number of hydrogen-bond acceptors (Lipinski definition) is 5. The molecule has 0 bridgehead atoms. The van der Waals surface area contributed by atoms with Gasteiger partial charge in [-0.25, -0.2) is 14.6 Å². The van der Waals surface area contributed by atoms with E-state index < -0.39 is 0 Å². The Kier molecular flexibility index (Phi) is 6.49. The quantitative estimate of drug-likeness (QED) is 0.419. The van der Waals surface area contributed by atoms with Crippen molar-refractivity contribution in [1.82, 2.24) is 24.6 Å². The minimum Gasteiger partial charge on any atom is -0.352 e. The molecule has 35 heavy (non-hydrogen) atoms. The first kappa shape index (κ1) is 23.0. The van der Waals surface area contributed by atoms with E-state index in [1.165, 1.54) is 11.1 Å². The zero-order valence-electron chi connectivity index (χ0n) is 20.7. The van der Waals surface area contributed by atoms with Crippen molar-refractivity contribution in [3.8, 4) is 5.69 Å². The van der Waals surface area contributed by atoms with Gasteiger partial charge in [0.05, 0.1) is 17.3 Å². The molecule has 0 aliphatic carbocycles. The fraction of sp³-hybridized carbons (Fsp3) is 0.357. The fourth-order valence-electron chi connectivity index (χ4n) is 4.55. The second-order valence-corrected chi connectivity index (χ2v) is 9.72. The van der Waals surface area contributed by atoms with Gasteiger partial charge in [0.15, 0.2) is 5.65 Å². The Morgan fingerprint density at radius 2 is 1.66 bits per heavy atom. The highest BCUT2D eigenvalue weighted by Gasteiger charge is 2.25. The Labute approximate surface area is 206 Å². The summed E-state index contributed by atoms with van der Waals surface area (Å²) in [6, 6.07) is 18.6. The third kappa shape index (κ3) is 5.04. The van der Waals surface area contributed by atoms with Crippen LogP contribution in [0.1, 0.15) is 37.2 Å². The molecule has 1 fully saturated rings. The van der Waals surface area contributed by atoms with E-state index >= 15 is 0 Å². The highest BCUT2D eigenvalue weighted by atomic mass is 16.2. The molecule has 1 amide bonds. The molecule has 1 aliphatic heterocycles. The number of aryl methyl sites for hydroxylation is 1. The number of nitrogens with zero attached hydrogens (tertiary/aromatic N) is 6. The Bertz CT molecular complexity index is 1300. The summed E-state index contributed by atoms with van der Waals surface area (Å²) >= 11 is 0. The number of benzene rings is 2. The Morgan fingerprint density at radius 3 is 2.34 bits per heavy atom. The molecule has 1 aliphatic rings. The third-order valence-electron chi connectivity index (χ3n) is 6.45. The van der Waals surface area contributed by atoms with E-state index in [9.17, 15) is 4.79 Å². The molecule has 2 aromatic carbocycles. The molecule has 3 heterocycles. The van der Waals surface area contributed by atoms with Crippen LogP contribution in [0, 0.1) is 12.8 Å². The molecule has 0 spiro atoms. The van der Waals surface area contributed by atoms with Crippen LogP contribution in [0.5, 0.6) is 0 Å². The van der Waals surface area contributed by atoms with Gasteiger partial charge in [0, 0.05) is 39.0 Å². The molecule has 1 saturated heterocycles. The van der Waals surface area contributed by atoms with Crippen molar-refractivity contribution in [3.05, 3.63) is 77.7 Å². The summed E-state index contributed by atoms with van der Waals surface area (Å²) in [7, 11) is 0. The average molecular weight is 469 g/mol. The first-order chi connectivity index (χ1) is 17.0. The summed E-state index contributed by atoms with van der Waals surface area (Å²) in [4.78, 5) is 26.8. The second kappa shape index (κ2) is 9.86. The summed E-state index contributed by atoms with van der Waals surface area (Å²) in [5.74, 6) is 2.28. The number of para-hydroxylation sites is 1. The number of amides is 1. The van der Waals surface area contributed by atoms with Gasteiger partial charge in [-0.05, 0) is 30.5 Å². The van der Waals surface area contributed by atoms with Gasteiger partial charge in [0.1, 0.15) is 11.6 Å². The van der Waals surface area contributed by atoms with Crippen LogP contribution in [-0.4, -0.2) is 56.7 Å². The van der Waals surface area contributed by atoms with E-state index in [2.05, 4.69) is 55.0 Å². The van der Waals surface area contributed by atoms with Crippen LogP contribution in [0.2, 0.25) is 0 Å². The molecule has 180 valence electrons. The van der Waals surface area contributed by atoms with Crippen molar-refractivity contribution in [3.63, 3.8) is 0 Å². The number of carbonyl (C=O) groups excluding carboxylic acids is 1. The summed E-state index contributed by atoms with van der Waals surface area (Å²) in [5, 5.41) is 5.61. The van der Waals surface area contributed by atoms with E-state index in [1.54, 1.807) is 0 Å². The van der Waals surface area contributed by atoms with Crippen molar-refractivity contribution in [2.45, 2.75) is 33.6 Å². The molecule has 0 unspecified atom stereocenters. The molecular weight excluding hydrogens is 436 g/mol. The lowest BCUT2D eigenvalue weighted by Gasteiger charge is -2.36. The molecule has 7 heteroatoms. The predicted octanol–water partition coefficient (Wildman–Crippen LogP) is 4.41. The van der Waals surface area contributed by atoms with Gasteiger partial charge in [-0.15, -0.1) is 0 Å².